The maximum atomic E-state index is 14.3. The summed E-state index contributed by atoms with van der Waals surface area (Å²) in [6.07, 6.45) is 7.71. The maximum Gasteiger partial charge on any atom is 0.297 e. The molecule has 0 unspecified atom stereocenters. The standard InChI is InChI=1S/C33H41BrN6O9S2/c1-32(15-16-32)51(47,48)38-31(44)33-19-21(33)8-6-4-3-5-7-9-26(35-28(41)25-14-17-39(2)37-25)30(43)40-20-23(18-27(40)29(42)36-33)49-50(45,46)24-12-10-22(34)11-13-24/h6,8,10-14,17,21,23,26-27H,3-5,7,9,15-16,18-20H2,1-2H3,(H,35,41)(H,36,42)(H,38,44)/b8-6-/t21-,23+,26+,27+,33-/m1/s1. The Morgan fingerprint density at radius 2 is 1.78 bits per heavy atom. The lowest BCUT2D eigenvalue weighted by molar-refractivity contribution is -0.141. The second-order valence-corrected chi connectivity index (χ2v) is 18.7. The number of aryl methyl sites for hydroxylation is 1. The van der Waals surface area contributed by atoms with Gasteiger partial charge in [-0.05, 0) is 75.8 Å². The smallest absolute Gasteiger partial charge is 0.297 e. The first kappa shape index (κ1) is 37.2. The van der Waals surface area contributed by atoms with Crippen molar-refractivity contribution in [3.8, 4) is 0 Å². The third-order valence-electron chi connectivity index (χ3n) is 10.1. The van der Waals surface area contributed by atoms with Crippen molar-refractivity contribution >= 4 is 59.7 Å². The molecule has 1 aromatic carbocycles. The summed E-state index contributed by atoms with van der Waals surface area (Å²) in [4.78, 5) is 56.5. The number of benzene rings is 1. The van der Waals surface area contributed by atoms with Gasteiger partial charge in [-0.15, -0.1) is 0 Å². The summed E-state index contributed by atoms with van der Waals surface area (Å²) in [5, 5.41) is 9.63. The van der Waals surface area contributed by atoms with E-state index in [1.54, 1.807) is 26.2 Å². The third-order valence-corrected chi connectivity index (χ3v) is 14.2. The van der Waals surface area contributed by atoms with Gasteiger partial charge in [0.2, 0.25) is 21.8 Å². The van der Waals surface area contributed by atoms with Gasteiger partial charge >= 0.3 is 0 Å². The van der Waals surface area contributed by atoms with E-state index < -0.39 is 78.2 Å². The Morgan fingerprint density at radius 1 is 1.06 bits per heavy atom. The van der Waals surface area contributed by atoms with Gasteiger partial charge in [0.1, 0.15) is 23.3 Å². The first-order chi connectivity index (χ1) is 24.0. The highest BCUT2D eigenvalue weighted by atomic mass is 79.9. The summed E-state index contributed by atoms with van der Waals surface area (Å²) in [6.45, 7) is 1.24. The molecule has 0 spiro atoms. The second-order valence-electron chi connectivity index (χ2n) is 14.0. The molecule has 18 heteroatoms. The highest BCUT2D eigenvalue weighted by Gasteiger charge is 2.63. The Bertz CT molecular complexity index is 1960. The number of halogens is 1. The zero-order valence-corrected chi connectivity index (χ0v) is 31.4. The van der Waals surface area contributed by atoms with Crippen LogP contribution in [0, 0.1) is 5.92 Å². The predicted molar refractivity (Wildman–Crippen MR) is 187 cm³/mol. The molecular weight excluding hydrogens is 768 g/mol. The van der Waals surface area contributed by atoms with Gasteiger partial charge in [-0.1, -0.05) is 40.9 Å². The minimum Gasteiger partial charge on any atom is -0.339 e. The number of nitrogens with zero attached hydrogens (tertiary/aromatic N) is 3. The van der Waals surface area contributed by atoms with Gasteiger partial charge in [0, 0.05) is 36.6 Å². The van der Waals surface area contributed by atoms with Gasteiger partial charge in [-0.2, -0.15) is 13.5 Å². The number of carbonyl (C=O) groups excluding carboxylic acids is 4. The lowest BCUT2D eigenvalue weighted by Crippen LogP contribution is -2.58. The molecule has 2 saturated carbocycles. The average molecular weight is 810 g/mol. The fraction of sp³-hybridized carbons (Fsp3) is 0.545. The van der Waals surface area contributed by atoms with Gasteiger partial charge in [0.05, 0.1) is 15.7 Å². The summed E-state index contributed by atoms with van der Waals surface area (Å²) in [7, 11) is -6.71. The molecule has 0 bridgehead atoms. The first-order valence-electron chi connectivity index (χ1n) is 16.9. The Morgan fingerprint density at radius 3 is 2.45 bits per heavy atom. The average Bonchev–Trinajstić information content (AvgIpc) is 3.87. The fourth-order valence-corrected chi connectivity index (χ4v) is 9.19. The molecule has 2 aliphatic carbocycles. The van der Waals surface area contributed by atoms with E-state index in [1.165, 1.54) is 39.9 Å². The van der Waals surface area contributed by atoms with Crippen LogP contribution in [0.4, 0.5) is 0 Å². The number of allylic oxidation sites excluding steroid dienone is 1. The Balaban J connectivity index is 1.30. The highest BCUT2D eigenvalue weighted by molar-refractivity contribution is 9.10. The number of hydrogen-bond donors (Lipinski definition) is 3. The van der Waals surface area contributed by atoms with Crippen molar-refractivity contribution in [2.75, 3.05) is 6.54 Å². The fourth-order valence-electron chi connectivity index (χ4n) is 6.54. The zero-order chi connectivity index (χ0) is 36.8. The van der Waals surface area contributed by atoms with E-state index in [1.807, 2.05) is 6.08 Å². The maximum absolute atomic E-state index is 14.3. The molecule has 3 heterocycles. The highest BCUT2D eigenvalue weighted by Crippen LogP contribution is 2.47. The molecule has 2 aromatic rings. The van der Waals surface area contributed by atoms with Gasteiger partial charge in [-0.25, -0.2) is 8.42 Å². The van der Waals surface area contributed by atoms with Crippen LogP contribution in [-0.4, -0.2) is 90.2 Å². The van der Waals surface area contributed by atoms with E-state index in [-0.39, 0.29) is 36.4 Å². The number of carbonyl (C=O) groups is 4. The van der Waals surface area contributed by atoms with Crippen LogP contribution < -0.4 is 15.4 Å². The van der Waals surface area contributed by atoms with Crippen LogP contribution in [0.1, 0.15) is 75.2 Å². The van der Waals surface area contributed by atoms with E-state index in [0.29, 0.717) is 36.6 Å². The largest absolute Gasteiger partial charge is 0.339 e. The van der Waals surface area contributed by atoms with E-state index in [9.17, 15) is 36.0 Å². The van der Waals surface area contributed by atoms with Crippen molar-refractivity contribution in [3.63, 3.8) is 0 Å². The molecule has 51 heavy (non-hydrogen) atoms. The van der Waals surface area contributed by atoms with Crippen LogP contribution in [0.5, 0.6) is 0 Å². The topological polar surface area (TPSA) is 203 Å². The molecule has 4 aliphatic rings. The van der Waals surface area contributed by atoms with Gasteiger partial charge in [0.25, 0.3) is 21.9 Å². The van der Waals surface area contributed by atoms with Crippen molar-refractivity contribution in [1.29, 1.82) is 0 Å². The van der Waals surface area contributed by atoms with Crippen molar-refractivity contribution in [1.82, 2.24) is 30.0 Å². The molecule has 276 valence electrons. The van der Waals surface area contributed by atoms with E-state index in [4.69, 9.17) is 4.18 Å². The summed E-state index contributed by atoms with van der Waals surface area (Å²) in [5.41, 5.74) is -1.51. The van der Waals surface area contributed by atoms with E-state index in [2.05, 4.69) is 36.4 Å². The molecule has 15 nitrogen and oxygen atoms in total. The second kappa shape index (κ2) is 14.1. The van der Waals surface area contributed by atoms with Crippen LogP contribution in [0.25, 0.3) is 0 Å². The monoisotopic (exact) mass is 808 g/mol. The van der Waals surface area contributed by atoms with Crippen LogP contribution >= 0.6 is 15.9 Å². The number of fused-ring (bicyclic) bond motifs is 2. The van der Waals surface area contributed by atoms with Crippen LogP contribution in [0.2, 0.25) is 0 Å². The minimum absolute atomic E-state index is 0.0894. The number of sulfonamides is 1. The first-order valence-corrected chi connectivity index (χ1v) is 20.6. The normalized spacial score (nSPS) is 28.6. The molecule has 4 amide bonds. The third kappa shape index (κ3) is 7.93. The van der Waals surface area contributed by atoms with Crippen molar-refractivity contribution in [3.05, 3.63) is 58.8 Å². The number of aromatic nitrogens is 2. The quantitative estimate of drug-likeness (QED) is 0.262. The molecule has 1 aromatic heterocycles. The van der Waals surface area contributed by atoms with Gasteiger partial charge < -0.3 is 15.5 Å². The molecule has 2 aliphatic heterocycles. The summed E-state index contributed by atoms with van der Waals surface area (Å²) in [5.74, 6) is -3.38. The predicted octanol–water partition coefficient (Wildman–Crippen LogP) is 2.05. The SMILES string of the molecule is Cn1ccc(C(=O)N[C@H]2CCCCC/C=C\[C@@H]3C[C@@]3(C(=O)NS(=O)(=O)C3(C)CC3)NC(=O)[C@@H]3C[C@H](OS(=O)(=O)c4ccc(Br)cc4)CN3C2=O)n1. The van der Waals surface area contributed by atoms with Crippen LogP contribution in [0.15, 0.2) is 58.0 Å². The van der Waals surface area contributed by atoms with Crippen LogP contribution in [-0.2, 0) is 45.8 Å². The summed E-state index contributed by atoms with van der Waals surface area (Å²) >= 11 is 3.27. The Hall–Kier alpha value is -3.61. The number of hydrogen-bond acceptors (Lipinski definition) is 10. The lowest BCUT2D eigenvalue weighted by atomic mass is 10.0. The van der Waals surface area contributed by atoms with Gasteiger partial charge in [0.15, 0.2) is 0 Å². The zero-order valence-electron chi connectivity index (χ0n) is 28.2. The number of nitrogens with one attached hydrogen (secondary N) is 3. The minimum atomic E-state index is -4.33. The summed E-state index contributed by atoms with van der Waals surface area (Å²) < 4.78 is 61.4. The van der Waals surface area contributed by atoms with Crippen molar-refractivity contribution in [2.24, 2.45) is 13.0 Å². The molecule has 1 saturated heterocycles. The Labute approximate surface area is 305 Å². The van der Waals surface area contributed by atoms with Crippen molar-refractivity contribution in [2.45, 2.75) is 98.1 Å². The number of amides is 4. The summed E-state index contributed by atoms with van der Waals surface area (Å²) in [6, 6.07) is 4.89. The molecule has 6 rings (SSSR count). The molecule has 5 atom stereocenters. The molecule has 3 N–H and O–H groups in total. The lowest BCUT2D eigenvalue weighted by Gasteiger charge is -2.30. The van der Waals surface area contributed by atoms with Gasteiger partial charge in [-0.3, -0.25) is 32.8 Å². The van der Waals surface area contributed by atoms with E-state index >= 15 is 0 Å². The molecule has 3 fully saturated rings. The molecule has 0 radical (unpaired) electrons. The van der Waals surface area contributed by atoms with Crippen molar-refractivity contribution < 1.29 is 40.2 Å². The van der Waals surface area contributed by atoms with Crippen LogP contribution in [0.3, 0.4) is 0 Å². The number of rotatable bonds is 8. The van der Waals surface area contributed by atoms with E-state index in [0.717, 1.165) is 6.42 Å². The Kier molecular flexibility index (Phi) is 10.3. The molecular formula is C33H41BrN6O9S2.